The Morgan fingerprint density at radius 2 is 2.18 bits per heavy atom. The molecule has 0 rings (SSSR count). The van der Waals surface area contributed by atoms with E-state index >= 15 is 0 Å². The Labute approximate surface area is 68.1 Å². The summed E-state index contributed by atoms with van der Waals surface area (Å²) in [5, 5.41) is 3.27. The van der Waals surface area contributed by atoms with E-state index in [1.165, 1.54) is 0 Å². The Morgan fingerprint density at radius 3 is 2.64 bits per heavy atom. The van der Waals surface area contributed by atoms with Gasteiger partial charge in [0, 0.05) is 12.6 Å². The monoisotopic (exact) mass is 158 g/mol. The quantitative estimate of drug-likeness (QED) is 0.291. The van der Waals surface area contributed by atoms with Gasteiger partial charge in [0.15, 0.2) is 5.96 Å². The molecule has 0 bridgehead atoms. The summed E-state index contributed by atoms with van der Waals surface area (Å²) in [5.41, 5.74) is 10.3. The number of nitrogens with zero attached hydrogens (tertiary/aromatic N) is 1. The second kappa shape index (κ2) is 5.97. The zero-order valence-electron chi connectivity index (χ0n) is 7.30. The summed E-state index contributed by atoms with van der Waals surface area (Å²) in [5.74, 6) is 0.163. The molecule has 4 heteroatoms. The Balaban J connectivity index is 3.21. The minimum atomic E-state index is 0.163. The van der Waals surface area contributed by atoms with Gasteiger partial charge in [0.1, 0.15) is 0 Å². The van der Waals surface area contributed by atoms with E-state index in [0.717, 1.165) is 13.0 Å². The standard InChI is InChI=1S/C7H18N4/c1-3-6(2)10-4-5-11-7(8)9/h6,10H,3-5H2,1-2H3,(H4,8,9,11). The van der Waals surface area contributed by atoms with Gasteiger partial charge in [-0.2, -0.15) is 0 Å². The molecule has 1 unspecified atom stereocenters. The maximum atomic E-state index is 5.14. The van der Waals surface area contributed by atoms with Crippen LogP contribution in [0.25, 0.3) is 0 Å². The number of hydrogen-bond donors (Lipinski definition) is 3. The van der Waals surface area contributed by atoms with Gasteiger partial charge in [0.25, 0.3) is 0 Å². The molecular weight excluding hydrogens is 140 g/mol. The van der Waals surface area contributed by atoms with Crippen molar-refractivity contribution in [2.24, 2.45) is 16.5 Å². The van der Waals surface area contributed by atoms with Crippen LogP contribution in [0.15, 0.2) is 4.99 Å². The van der Waals surface area contributed by atoms with E-state index < -0.39 is 0 Å². The summed E-state index contributed by atoms with van der Waals surface area (Å²) < 4.78 is 0. The molecule has 11 heavy (non-hydrogen) atoms. The van der Waals surface area contributed by atoms with Gasteiger partial charge in [0.2, 0.25) is 0 Å². The van der Waals surface area contributed by atoms with Gasteiger partial charge in [-0.3, -0.25) is 4.99 Å². The predicted octanol–water partition coefficient (Wildman–Crippen LogP) is -0.352. The first-order chi connectivity index (χ1) is 5.16. The molecule has 4 nitrogen and oxygen atoms in total. The largest absolute Gasteiger partial charge is 0.370 e. The first-order valence-corrected chi connectivity index (χ1v) is 3.95. The maximum Gasteiger partial charge on any atom is 0.185 e. The van der Waals surface area contributed by atoms with Crippen molar-refractivity contribution in [3.63, 3.8) is 0 Å². The van der Waals surface area contributed by atoms with Crippen molar-refractivity contribution in [1.82, 2.24) is 5.32 Å². The molecule has 5 N–H and O–H groups in total. The minimum Gasteiger partial charge on any atom is -0.370 e. The topological polar surface area (TPSA) is 76.4 Å². The summed E-state index contributed by atoms with van der Waals surface area (Å²) in [4.78, 5) is 3.84. The highest BCUT2D eigenvalue weighted by Crippen LogP contribution is 1.85. The van der Waals surface area contributed by atoms with Crippen molar-refractivity contribution in [3.05, 3.63) is 0 Å². The van der Waals surface area contributed by atoms with Crippen molar-refractivity contribution in [1.29, 1.82) is 0 Å². The van der Waals surface area contributed by atoms with Crippen LogP contribution in [0.1, 0.15) is 20.3 Å². The lowest BCUT2D eigenvalue weighted by Crippen LogP contribution is -2.29. The SMILES string of the molecule is CCC(C)NCCN=C(N)N. The van der Waals surface area contributed by atoms with E-state index in [-0.39, 0.29) is 5.96 Å². The molecule has 0 aliphatic heterocycles. The van der Waals surface area contributed by atoms with E-state index in [4.69, 9.17) is 11.5 Å². The van der Waals surface area contributed by atoms with Crippen LogP contribution in [0.5, 0.6) is 0 Å². The lowest BCUT2D eigenvalue weighted by molar-refractivity contribution is 0.542. The van der Waals surface area contributed by atoms with Crippen LogP contribution < -0.4 is 16.8 Å². The molecule has 66 valence electrons. The molecule has 0 radical (unpaired) electrons. The third-order valence-electron chi connectivity index (χ3n) is 1.51. The first-order valence-electron chi connectivity index (χ1n) is 3.95. The zero-order valence-corrected chi connectivity index (χ0v) is 7.30. The lowest BCUT2D eigenvalue weighted by Gasteiger charge is -2.08. The number of aliphatic imine (C=N–C) groups is 1. The molecule has 0 aliphatic carbocycles. The van der Waals surface area contributed by atoms with Gasteiger partial charge >= 0.3 is 0 Å². The zero-order chi connectivity index (χ0) is 8.69. The van der Waals surface area contributed by atoms with Crippen LogP contribution in [-0.2, 0) is 0 Å². The molecule has 0 aromatic rings. The molecular formula is C7H18N4. The van der Waals surface area contributed by atoms with Crippen LogP contribution in [0.4, 0.5) is 0 Å². The summed E-state index contributed by atoms with van der Waals surface area (Å²) in [6.45, 7) is 5.77. The maximum absolute atomic E-state index is 5.14. The van der Waals surface area contributed by atoms with E-state index in [0.29, 0.717) is 12.6 Å². The Morgan fingerprint density at radius 1 is 1.55 bits per heavy atom. The van der Waals surface area contributed by atoms with E-state index in [1.54, 1.807) is 0 Å². The van der Waals surface area contributed by atoms with Crippen molar-refractivity contribution >= 4 is 5.96 Å². The summed E-state index contributed by atoms with van der Waals surface area (Å²) in [6.07, 6.45) is 1.13. The van der Waals surface area contributed by atoms with Crippen molar-refractivity contribution in [3.8, 4) is 0 Å². The highest BCUT2D eigenvalue weighted by atomic mass is 15.0. The van der Waals surface area contributed by atoms with Crippen LogP contribution in [-0.4, -0.2) is 25.1 Å². The summed E-state index contributed by atoms with van der Waals surface area (Å²) in [7, 11) is 0. The second-order valence-electron chi connectivity index (χ2n) is 2.57. The Bertz CT molecular complexity index is 118. The van der Waals surface area contributed by atoms with Crippen LogP contribution >= 0.6 is 0 Å². The molecule has 0 saturated carbocycles. The van der Waals surface area contributed by atoms with Crippen molar-refractivity contribution < 1.29 is 0 Å². The third kappa shape index (κ3) is 7.12. The van der Waals surface area contributed by atoms with Crippen LogP contribution in [0.2, 0.25) is 0 Å². The van der Waals surface area contributed by atoms with Gasteiger partial charge in [-0.05, 0) is 13.3 Å². The molecule has 0 amide bonds. The average molecular weight is 158 g/mol. The molecule has 0 spiro atoms. The molecule has 1 atom stereocenters. The number of nitrogens with two attached hydrogens (primary N) is 2. The van der Waals surface area contributed by atoms with Crippen LogP contribution in [0, 0.1) is 0 Å². The molecule has 0 saturated heterocycles. The van der Waals surface area contributed by atoms with E-state index in [1.807, 2.05) is 0 Å². The normalized spacial score (nSPS) is 12.5. The smallest absolute Gasteiger partial charge is 0.185 e. The number of nitrogens with one attached hydrogen (secondary N) is 1. The fraction of sp³-hybridized carbons (Fsp3) is 0.857. The third-order valence-corrected chi connectivity index (χ3v) is 1.51. The molecule has 0 heterocycles. The van der Waals surface area contributed by atoms with Gasteiger partial charge in [0.05, 0.1) is 6.54 Å². The Kier molecular flexibility index (Phi) is 5.56. The first kappa shape index (κ1) is 10.2. The second-order valence-corrected chi connectivity index (χ2v) is 2.57. The fourth-order valence-electron chi connectivity index (χ4n) is 0.640. The predicted molar refractivity (Wildman–Crippen MR) is 48.4 cm³/mol. The van der Waals surface area contributed by atoms with Crippen molar-refractivity contribution in [2.75, 3.05) is 13.1 Å². The van der Waals surface area contributed by atoms with Gasteiger partial charge < -0.3 is 16.8 Å². The molecule has 0 aliphatic rings. The number of guanidine groups is 1. The number of rotatable bonds is 5. The summed E-state index contributed by atoms with van der Waals surface area (Å²) >= 11 is 0. The minimum absolute atomic E-state index is 0.163. The molecule has 0 fully saturated rings. The van der Waals surface area contributed by atoms with E-state index in [9.17, 15) is 0 Å². The molecule has 0 aromatic carbocycles. The number of hydrogen-bond acceptors (Lipinski definition) is 2. The lowest BCUT2D eigenvalue weighted by atomic mass is 10.3. The fourth-order valence-corrected chi connectivity index (χ4v) is 0.640. The van der Waals surface area contributed by atoms with E-state index in [2.05, 4.69) is 24.2 Å². The van der Waals surface area contributed by atoms with Crippen molar-refractivity contribution in [2.45, 2.75) is 26.3 Å². The average Bonchev–Trinajstić information content (AvgIpc) is 1.97. The Hall–Kier alpha value is -0.770. The van der Waals surface area contributed by atoms with Gasteiger partial charge in [-0.15, -0.1) is 0 Å². The van der Waals surface area contributed by atoms with Gasteiger partial charge in [-0.1, -0.05) is 6.92 Å². The van der Waals surface area contributed by atoms with Crippen LogP contribution in [0.3, 0.4) is 0 Å². The highest BCUT2D eigenvalue weighted by molar-refractivity contribution is 5.75. The van der Waals surface area contributed by atoms with Gasteiger partial charge in [-0.25, -0.2) is 0 Å². The highest BCUT2D eigenvalue weighted by Gasteiger charge is 1.94. The molecule has 0 aromatic heterocycles. The summed E-state index contributed by atoms with van der Waals surface area (Å²) in [6, 6.07) is 0.546.